The Hall–Kier alpha value is -1.52. The molecule has 0 aromatic heterocycles. The first kappa shape index (κ1) is 13.9. The Morgan fingerprint density at radius 1 is 1.21 bits per heavy atom. The first-order valence-electron chi connectivity index (χ1n) is 5.46. The molecule has 0 aliphatic rings. The van der Waals surface area contributed by atoms with Crippen molar-refractivity contribution in [1.29, 1.82) is 0 Å². The average molecular weight is 342 g/mol. The van der Waals surface area contributed by atoms with Gasteiger partial charge in [-0.3, -0.25) is 0 Å². The Kier molecular flexibility index (Phi) is 4.45. The Balaban J connectivity index is 2.11. The number of carboxylic acids is 1. The molecule has 0 aliphatic carbocycles. The minimum absolute atomic E-state index is 0.181. The van der Waals surface area contributed by atoms with E-state index < -0.39 is 5.97 Å². The fraction of sp³-hybridized carbons (Fsp3) is 0.0714. The normalized spacial score (nSPS) is 10.2. The van der Waals surface area contributed by atoms with E-state index >= 15 is 0 Å². The van der Waals surface area contributed by atoms with Gasteiger partial charge in [0.25, 0.3) is 0 Å². The zero-order chi connectivity index (χ0) is 13.8. The van der Waals surface area contributed by atoms with Crippen molar-refractivity contribution in [2.45, 2.75) is 6.61 Å². The lowest BCUT2D eigenvalue weighted by Crippen LogP contribution is -1.99. The maximum absolute atomic E-state index is 10.9. The highest BCUT2D eigenvalue weighted by Gasteiger charge is 2.07. The van der Waals surface area contributed by atoms with E-state index in [4.69, 9.17) is 21.4 Å². The molecule has 98 valence electrons. The molecule has 0 saturated heterocycles. The van der Waals surface area contributed by atoms with Crippen molar-refractivity contribution < 1.29 is 14.6 Å². The van der Waals surface area contributed by atoms with Crippen molar-refractivity contribution in [2.24, 2.45) is 0 Å². The van der Waals surface area contributed by atoms with Crippen LogP contribution in [0.1, 0.15) is 15.9 Å². The number of carbonyl (C=O) groups is 1. The molecular formula is C14H10BrClO3. The van der Waals surface area contributed by atoms with E-state index in [0.717, 1.165) is 5.56 Å². The molecule has 0 atom stereocenters. The van der Waals surface area contributed by atoms with Crippen LogP contribution in [0.25, 0.3) is 0 Å². The van der Waals surface area contributed by atoms with Gasteiger partial charge >= 0.3 is 5.97 Å². The first-order chi connectivity index (χ1) is 9.04. The monoisotopic (exact) mass is 340 g/mol. The van der Waals surface area contributed by atoms with E-state index in [1.165, 1.54) is 12.1 Å². The largest absolute Gasteiger partial charge is 0.489 e. The zero-order valence-corrected chi connectivity index (χ0v) is 12.1. The molecule has 0 amide bonds. The van der Waals surface area contributed by atoms with Crippen molar-refractivity contribution in [3.63, 3.8) is 0 Å². The smallest absolute Gasteiger partial charge is 0.335 e. The third-order valence-corrected chi connectivity index (χ3v) is 3.15. The minimum atomic E-state index is -0.988. The third kappa shape index (κ3) is 3.98. The van der Waals surface area contributed by atoms with Crippen LogP contribution in [0, 0.1) is 0 Å². The first-order valence-corrected chi connectivity index (χ1v) is 6.63. The van der Waals surface area contributed by atoms with E-state index in [1.807, 2.05) is 12.1 Å². The van der Waals surface area contributed by atoms with Gasteiger partial charge in [0.05, 0.1) is 5.56 Å². The average Bonchev–Trinajstić information content (AvgIpc) is 2.37. The van der Waals surface area contributed by atoms with Gasteiger partial charge < -0.3 is 9.84 Å². The number of rotatable bonds is 4. The van der Waals surface area contributed by atoms with Crippen LogP contribution in [0.2, 0.25) is 5.02 Å². The Bertz CT molecular complexity index is 596. The quantitative estimate of drug-likeness (QED) is 0.897. The van der Waals surface area contributed by atoms with Crippen molar-refractivity contribution in [3.05, 3.63) is 63.1 Å². The van der Waals surface area contributed by atoms with Gasteiger partial charge in [0.15, 0.2) is 0 Å². The van der Waals surface area contributed by atoms with Crippen molar-refractivity contribution in [2.75, 3.05) is 0 Å². The molecule has 0 heterocycles. The summed E-state index contributed by atoms with van der Waals surface area (Å²) >= 11 is 9.05. The van der Waals surface area contributed by atoms with Gasteiger partial charge in [0.1, 0.15) is 12.4 Å². The summed E-state index contributed by atoms with van der Waals surface area (Å²) in [5.41, 5.74) is 1.14. The predicted octanol–water partition coefficient (Wildman–Crippen LogP) is 4.38. The number of ether oxygens (including phenoxy) is 1. The minimum Gasteiger partial charge on any atom is -0.489 e. The number of hydrogen-bond donors (Lipinski definition) is 1. The number of carboxylic acid groups (broad SMARTS) is 1. The van der Waals surface area contributed by atoms with Crippen molar-refractivity contribution >= 4 is 33.5 Å². The van der Waals surface area contributed by atoms with Gasteiger partial charge in [-0.2, -0.15) is 0 Å². The van der Waals surface area contributed by atoms with E-state index in [0.29, 0.717) is 21.9 Å². The highest BCUT2D eigenvalue weighted by molar-refractivity contribution is 9.10. The summed E-state index contributed by atoms with van der Waals surface area (Å²) < 4.78 is 6.23. The molecule has 19 heavy (non-hydrogen) atoms. The SMILES string of the molecule is O=C(O)c1cc(Br)cc(OCc2ccc(Cl)cc2)c1. The summed E-state index contributed by atoms with van der Waals surface area (Å²) in [6.45, 7) is 0.354. The summed E-state index contributed by atoms with van der Waals surface area (Å²) in [6.07, 6.45) is 0. The summed E-state index contributed by atoms with van der Waals surface area (Å²) in [6, 6.07) is 12.0. The van der Waals surface area contributed by atoms with E-state index in [1.54, 1.807) is 18.2 Å². The Labute approximate surface area is 123 Å². The number of halogens is 2. The molecule has 0 aliphatic heterocycles. The van der Waals surface area contributed by atoms with Crippen LogP contribution in [-0.2, 0) is 6.61 Å². The lowest BCUT2D eigenvalue weighted by atomic mass is 10.2. The summed E-state index contributed by atoms with van der Waals surface area (Å²) in [7, 11) is 0. The molecule has 0 bridgehead atoms. The summed E-state index contributed by atoms with van der Waals surface area (Å²) in [5, 5.41) is 9.62. The van der Waals surface area contributed by atoms with Gasteiger partial charge in [0, 0.05) is 9.50 Å². The fourth-order valence-electron chi connectivity index (χ4n) is 1.52. The summed E-state index contributed by atoms with van der Waals surface area (Å²) in [5.74, 6) is -0.487. The highest BCUT2D eigenvalue weighted by atomic mass is 79.9. The maximum atomic E-state index is 10.9. The van der Waals surface area contributed by atoms with Gasteiger partial charge in [-0.15, -0.1) is 0 Å². The van der Waals surface area contributed by atoms with Crippen LogP contribution in [0.4, 0.5) is 0 Å². The van der Waals surface area contributed by atoms with Crippen LogP contribution in [0.15, 0.2) is 46.9 Å². The third-order valence-electron chi connectivity index (χ3n) is 2.44. The molecule has 0 radical (unpaired) electrons. The molecule has 0 saturated carbocycles. The highest BCUT2D eigenvalue weighted by Crippen LogP contribution is 2.22. The summed E-state index contributed by atoms with van der Waals surface area (Å²) in [4.78, 5) is 10.9. The van der Waals surface area contributed by atoms with Crippen LogP contribution < -0.4 is 4.74 Å². The zero-order valence-electron chi connectivity index (χ0n) is 9.77. The second-order valence-electron chi connectivity index (χ2n) is 3.90. The molecular weight excluding hydrogens is 332 g/mol. The predicted molar refractivity (Wildman–Crippen MR) is 76.9 cm³/mol. The van der Waals surface area contributed by atoms with Crippen molar-refractivity contribution in [3.8, 4) is 5.75 Å². The Morgan fingerprint density at radius 3 is 2.53 bits per heavy atom. The second-order valence-corrected chi connectivity index (χ2v) is 5.25. The van der Waals surface area contributed by atoms with E-state index in [2.05, 4.69) is 15.9 Å². The van der Waals surface area contributed by atoms with Crippen molar-refractivity contribution in [1.82, 2.24) is 0 Å². The molecule has 0 fully saturated rings. The number of hydrogen-bond acceptors (Lipinski definition) is 2. The number of benzene rings is 2. The molecule has 2 rings (SSSR count). The van der Waals surface area contributed by atoms with Crippen LogP contribution >= 0.6 is 27.5 Å². The van der Waals surface area contributed by atoms with E-state index in [9.17, 15) is 4.79 Å². The molecule has 1 N–H and O–H groups in total. The maximum Gasteiger partial charge on any atom is 0.335 e. The molecule has 2 aromatic rings. The number of aromatic carboxylic acids is 1. The van der Waals surface area contributed by atoms with Gasteiger partial charge in [-0.05, 0) is 35.9 Å². The second kappa shape index (κ2) is 6.08. The van der Waals surface area contributed by atoms with Gasteiger partial charge in [-0.1, -0.05) is 39.7 Å². The molecule has 3 nitrogen and oxygen atoms in total. The lowest BCUT2D eigenvalue weighted by Gasteiger charge is -2.08. The standard InChI is InChI=1S/C14H10BrClO3/c15-11-5-10(14(17)18)6-13(7-11)19-8-9-1-3-12(16)4-2-9/h1-7H,8H2,(H,17,18). The fourth-order valence-corrected chi connectivity index (χ4v) is 2.12. The van der Waals surface area contributed by atoms with Crippen LogP contribution in [0.5, 0.6) is 5.75 Å². The lowest BCUT2D eigenvalue weighted by molar-refractivity contribution is 0.0696. The van der Waals surface area contributed by atoms with Crippen LogP contribution in [0.3, 0.4) is 0 Å². The molecule has 0 spiro atoms. The van der Waals surface area contributed by atoms with E-state index in [-0.39, 0.29) is 5.56 Å². The van der Waals surface area contributed by atoms with Gasteiger partial charge in [0.2, 0.25) is 0 Å². The van der Waals surface area contributed by atoms with Crippen LogP contribution in [-0.4, -0.2) is 11.1 Å². The molecule has 2 aromatic carbocycles. The Morgan fingerprint density at radius 2 is 1.89 bits per heavy atom. The topological polar surface area (TPSA) is 46.5 Å². The molecule has 5 heteroatoms. The van der Waals surface area contributed by atoms with Gasteiger partial charge in [-0.25, -0.2) is 4.79 Å². The molecule has 0 unspecified atom stereocenters.